The lowest BCUT2D eigenvalue weighted by atomic mass is 10.0. The summed E-state index contributed by atoms with van der Waals surface area (Å²) < 4.78 is 32.3. The number of anilines is 1. The topological polar surface area (TPSA) is 49.9 Å². The van der Waals surface area contributed by atoms with Crippen LogP contribution in [0.1, 0.15) is 31.7 Å². The molecule has 2 aromatic carbocycles. The van der Waals surface area contributed by atoms with Gasteiger partial charge >= 0.3 is 6.09 Å². The van der Waals surface area contributed by atoms with Crippen molar-refractivity contribution in [3.05, 3.63) is 65.7 Å². The van der Waals surface area contributed by atoms with Crippen LogP contribution in [0.15, 0.2) is 48.5 Å². The van der Waals surface area contributed by atoms with E-state index in [4.69, 9.17) is 4.74 Å². The summed E-state index contributed by atoms with van der Waals surface area (Å²) in [7, 11) is 0. The predicted octanol–water partition coefficient (Wildman–Crippen LogP) is 4.51. The van der Waals surface area contributed by atoms with Gasteiger partial charge in [-0.15, -0.1) is 0 Å². The molecule has 1 aliphatic rings. The summed E-state index contributed by atoms with van der Waals surface area (Å²) >= 11 is 0. The van der Waals surface area contributed by atoms with E-state index < -0.39 is 17.7 Å². The normalized spacial score (nSPS) is 14.5. The first-order valence-corrected chi connectivity index (χ1v) is 9.72. The zero-order chi connectivity index (χ0) is 20.8. The number of hydrogen-bond acceptors (Lipinski definition) is 3. The Hall–Kier alpha value is -2.96. The summed E-state index contributed by atoms with van der Waals surface area (Å²) in [5.74, 6) is -2.10. The molecule has 1 heterocycles. The summed E-state index contributed by atoms with van der Waals surface area (Å²) in [5, 5.41) is 0. The first-order chi connectivity index (χ1) is 14.0. The van der Waals surface area contributed by atoms with Crippen LogP contribution < -0.4 is 4.90 Å². The SMILES string of the molecule is CCC(=O)N(c1ccc(F)c(F)c1)C1CCN(C(=O)OCc2ccccc2)CC1. The molecule has 0 N–H and O–H groups in total. The third-order valence-electron chi connectivity index (χ3n) is 5.05. The highest BCUT2D eigenvalue weighted by Crippen LogP contribution is 2.26. The minimum absolute atomic E-state index is 0.166. The summed E-state index contributed by atoms with van der Waals surface area (Å²) in [4.78, 5) is 27.9. The monoisotopic (exact) mass is 402 g/mol. The molecule has 0 spiro atoms. The Morgan fingerprint density at radius 3 is 2.38 bits per heavy atom. The lowest BCUT2D eigenvalue weighted by Crippen LogP contribution is -2.49. The van der Waals surface area contributed by atoms with E-state index >= 15 is 0 Å². The Balaban J connectivity index is 1.61. The standard InChI is InChI=1S/C22H24F2N2O3/c1-2-21(27)26(18-8-9-19(23)20(24)14-18)17-10-12-25(13-11-17)22(28)29-15-16-6-4-3-5-7-16/h3-9,14,17H,2,10-13,15H2,1H3. The van der Waals surface area contributed by atoms with Gasteiger partial charge in [-0.3, -0.25) is 4.79 Å². The number of piperidine rings is 1. The first kappa shape index (κ1) is 20.8. The number of hydrogen-bond donors (Lipinski definition) is 0. The molecular weight excluding hydrogens is 378 g/mol. The van der Waals surface area contributed by atoms with Crippen LogP contribution in [0.2, 0.25) is 0 Å². The van der Waals surface area contributed by atoms with Gasteiger partial charge in [0.05, 0.1) is 0 Å². The van der Waals surface area contributed by atoms with Crippen molar-refractivity contribution in [2.24, 2.45) is 0 Å². The fourth-order valence-corrected chi connectivity index (χ4v) is 3.48. The van der Waals surface area contributed by atoms with Crippen LogP contribution in [-0.4, -0.2) is 36.0 Å². The Morgan fingerprint density at radius 1 is 1.07 bits per heavy atom. The molecule has 29 heavy (non-hydrogen) atoms. The highest BCUT2D eigenvalue weighted by Gasteiger charge is 2.31. The van der Waals surface area contributed by atoms with E-state index in [-0.39, 0.29) is 25.0 Å². The zero-order valence-electron chi connectivity index (χ0n) is 16.3. The van der Waals surface area contributed by atoms with Crippen molar-refractivity contribution in [1.29, 1.82) is 0 Å². The number of ether oxygens (including phenoxy) is 1. The molecule has 0 saturated carbocycles. The zero-order valence-corrected chi connectivity index (χ0v) is 16.3. The molecule has 1 saturated heterocycles. The second-order valence-corrected chi connectivity index (χ2v) is 6.97. The molecule has 5 nitrogen and oxygen atoms in total. The average Bonchev–Trinajstić information content (AvgIpc) is 2.75. The van der Waals surface area contributed by atoms with Crippen molar-refractivity contribution < 1.29 is 23.1 Å². The van der Waals surface area contributed by atoms with Gasteiger partial charge in [0.2, 0.25) is 5.91 Å². The lowest BCUT2D eigenvalue weighted by molar-refractivity contribution is -0.119. The van der Waals surface area contributed by atoms with E-state index in [1.54, 1.807) is 11.8 Å². The number of nitrogens with zero attached hydrogens (tertiary/aromatic N) is 2. The molecule has 154 valence electrons. The molecule has 3 rings (SSSR count). The largest absolute Gasteiger partial charge is 0.445 e. The van der Waals surface area contributed by atoms with Crippen LogP contribution >= 0.6 is 0 Å². The highest BCUT2D eigenvalue weighted by atomic mass is 19.2. The molecule has 2 aromatic rings. The van der Waals surface area contributed by atoms with Crippen molar-refractivity contribution in [2.45, 2.75) is 38.8 Å². The fraction of sp³-hybridized carbons (Fsp3) is 0.364. The van der Waals surface area contributed by atoms with Crippen molar-refractivity contribution in [1.82, 2.24) is 4.90 Å². The van der Waals surface area contributed by atoms with Crippen molar-refractivity contribution >= 4 is 17.7 Å². The summed E-state index contributed by atoms with van der Waals surface area (Å²) in [6.45, 7) is 2.78. The fourth-order valence-electron chi connectivity index (χ4n) is 3.48. The molecule has 7 heteroatoms. The molecular formula is C22H24F2N2O3. The molecule has 1 aliphatic heterocycles. The van der Waals surface area contributed by atoms with Crippen LogP contribution in [0.5, 0.6) is 0 Å². The smallest absolute Gasteiger partial charge is 0.410 e. The number of amides is 2. The van der Waals surface area contributed by atoms with Crippen LogP contribution in [0.3, 0.4) is 0 Å². The van der Waals surface area contributed by atoms with Gasteiger partial charge in [0.25, 0.3) is 0 Å². The number of halogens is 2. The second kappa shape index (κ2) is 9.49. The Morgan fingerprint density at radius 2 is 1.76 bits per heavy atom. The van der Waals surface area contributed by atoms with Gasteiger partial charge in [-0.05, 0) is 30.5 Å². The molecule has 1 fully saturated rings. The number of likely N-dealkylation sites (tertiary alicyclic amines) is 1. The van der Waals surface area contributed by atoms with E-state index in [0.29, 0.717) is 31.6 Å². The van der Waals surface area contributed by atoms with Crippen LogP contribution in [-0.2, 0) is 16.1 Å². The summed E-state index contributed by atoms with van der Waals surface area (Å²) in [6.07, 6.45) is 0.919. The molecule has 0 bridgehead atoms. The van der Waals surface area contributed by atoms with Gasteiger partial charge in [0, 0.05) is 37.3 Å². The predicted molar refractivity (Wildman–Crippen MR) is 105 cm³/mol. The first-order valence-electron chi connectivity index (χ1n) is 9.72. The molecule has 0 unspecified atom stereocenters. The molecule has 2 amide bonds. The van der Waals surface area contributed by atoms with Gasteiger partial charge in [0.1, 0.15) is 6.61 Å². The van der Waals surface area contributed by atoms with E-state index in [1.807, 2.05) is 30.3 Å². The summed E-state index contributed by atoms with van der Waals surface area (Å²) in [6, 6.07) is 12.7. The summed E-state index contributed by atoms with van der Waals surface area (Å²) in [5.41, 5.74) is 1.25. The van der Waals surface area contributed by atoms with Crippen molar-refractivity contribution in [2.75, 3.05) is 18.0 Å². The van der Waals surface area contributed by atoms with Gasteiger partial charge in [0.15, 0.2) is 11.6 Å². The van der Waals surface area contributed by atoms with E-state index in [0.717, 1.165) is 17.7 Å². The van der Waals surface area contributed by atoms with Gasteiger partial charge in [-0.2, -0.15) is 0 Å². The Kier molecular flexibility index (Phi) is 6.80. The molecule has 0 radical (unpaired) electrons. The second-order valence-electron chi connectivity index (χ2n) is 6.97. The van der Waals surface area contributed by atoms with Crippen LogP contribution in [0.25, 0.3) is 0 Å². The Labute approximate surface area is 168 Å². The molecule has 0 atom stereocenters. The average molecular weight is 402 g/mol. The van der Waals surface area contributed by atoms with E-state index in [1.165, 1.54) is 11.0 Å². The molecule has 0 aliphatic carbocycles. The van der Waals surface area contributed by atoms with Gasteiger partial charge in [-0.1, -0.05) is 37.3 Å². The number of benzene rings is 2. The third-order valence-corrected chi connectivity index (χ3v) is 5.05. The van der Waals surface area contributed by atoms with Crippen molar-refractivity contribution in [3.63, 3.8) is 0 Å². The third kappa shape index (κ3) is 5.10. The lowest BCUT2D eigenvalue weighted by Gasteiger charge is -2.38. The van der Waals surface area contributed by atoms with E-state index in [9.17, 15) is 18.4 Å². The number of carbonyl (C=O) groups excluding carboxylic acids is 2. The minimum Gasteiger partial charge on any atom is -0.445 e. The van der Waals surface area contributed by atoms with Crippen LogP contribution in [0, 0.1) is 11.6 Å². The quantitative estimate of drug-likeness (QED) is 0.740. The minimum atomic E-state index is -0.988. The number of rotatable bonds is 5. The van der Waals surface area contributed by atoms with Crippen LogP contribution in [0.4, 0.5) is 19.3 Å². The van der Waals surface area contributed by atoms with Crippen molar-refractivity contribution in [3.8, 4) is 0 Å². The maximum absolute atomic E-state index is 13.7. The number of carbonyl (C=O) groups is 2. The maximum Gasteiger partial charge on any atom is 0.410 e. The van der Waals surface area contributed by atoms with Gasteiger partial charge < -0.3 is 14.5 Å². The van der Waals surface area contributed by atoms with Gasteiger partial charge in [-0.25, -0.2) is 13.6 Å². The van der Waals surface area contributed by atoms with E-state index in [2.05, 4.69) is 0 Å². The molecule has 0 aromatic heterocycles. The Bertz CT molecular complexity index is 852. The highest BCUT2D eigenvalue weighted by molar-refractivity contribution is 5.93. The maximum atomic E-state index is 13.7.